The van der Waals surface area contributed by atoms with Gasteiger partial charge < -0.3 is 9.80 Å². The Labute approximate surface area is 283 Å². The van der Waals surface area contributed by atoms with Gasteiger partial charge in [0.15, 0.2) is 0 Å². The third kappa shape index (κ3) is 6.89. The molecule has 2 nitrogen and oxygen atoms in total. The molecule has 0 aromatic heterocycles. The third-order valence-electron chi connectivity index (χ3n) is 8.26. The number of hydrogen-bond acceptors (Lipinski definition) is 2. The van der Waals surface area contributed by atoms with E-state index in [1.807, 2.05) is 0 Å². The molecule has 230 valence electrons. The molecule has 0 aliphatic carbocycles. The molecular weight excluding hydrogens is 581 g/mol. The van der Waals surface area contributed by atoms with Crippen LogP contribution in [-0.4, -0.2) is 0 Å². The minimum absolute atomic E-state index is 1.08. The average molecular weight is 617 g/mol. The lowest BCUT2D eigenvalue weighted by atomic mass is 9.99. The van der Waals surface area contributed by atoms with E-state index in [0.29, 0.717) is 0 Å². The Kier molecular flexibility index (Phi) is 9.34. The summed E-state index contributed by atoms with van der Waals surface area (Å²) in [7, 11) is 0. The minimum Gasteiger partial charge on any atom is -0.310 e. The smallest absolute Gasteiger partial charge is 0.0540 e. The van der Waals surface area contributed by atoms with Crippen LogP contribution in [0, 0.1) is 0 Å². The molecule has 0 fully saturated rings. The maximum Gasteiger partial charge on any atom is 0.0540 e. The van der Waals surface area contributed by atoms with E-state index in [1.54, 1.807) is 0 Å². The van der Waals surface area contributed by atoms with Crippen molar-refractivity contribution in [3.63, 3.8) is 0 Å². The highest BCUT2D eigenvalue weighted by molar-refractivity contribution is 6.00. The molecule has 7 aromatic rings. The molecule has 7 rings (SSSR count). The lowest BCUT2D eigenvalue weighted by Crippen LogP contribution is -2.16. The molecule has 0 N–H and O–H groups in total. The Morgan fingerprint density at radius 3 is 0.771 bits per heavy atom. The van der Waals surface area contributed by atoms with Crippen LogP contribution in [0.25, 0.3) is 23.5 Å². The highest BCUT2D eigenvalue weighted by Gasteiger charge is 2.19. The summed E-state index contributed by atoms with van der Waals surface area (Å²) in [4.78, 5) is 4.68. The largest absolute Gasteiger partial charge is 0.310 e. The molecule has 0 heterocycles. The first kappa shape index (κ1) is 30.3. The second-order valence-electron chi connectivity index (χ2n) is 11.4. The topological polar surface area (TPSA) is 6.48 Å². The SMILES string of the molecule is C(=C(c1ccccc1)N(c1ccccc1)c1ccccc1)c1ccccc1C=C(c1ccccc1)N(c1ccccc1)c1ccccc1. The first-order valence-corrected chi connectivity index (χ1v) is 16.3. The van der Waals surface area contributed by atoms with Gasteiger partial charge in [0.25, 0.3) is 0 Å². The fourth-order valence-electron chi connectivity index (χ4n) is 6.00. The van der Waals surface area contributed by atoms with Gasteiger partial charge in [-0.05, 0) is 82.9 Å². The lowest BCUT2D eigenvalue weighted by molar-refractivity contribution is 1.29. The average Bonchev–Trinajstić information content (AvgIpc) is 3.17. The Hall–Kier alpha value is -6.38. The summed E-state index contributed by atoms with van der Waals surface area (Å²) < 4.78 is 0. The zero-order chi connectivity index (χ0) is 32.4. The van der Waals surface area contributed by atoms with E-state index >= 15 is 0 Å². The van der Waals surface area contributed by atoms with Crippen LogP contribution in [0.4, 0.5) is 22.7 Å². The summed E-state index contributed by atoms with van der Waals surface area (Å²) >= 11 is 0. The van der Waals surface area contributed by atoms with Gasteiger partial charge in [0.1, 0.15) is 0 Å². The summed E-state index contributed by atoms with van der Waals surface area (Å²) in [6.45, 7) is 0. The second-order valence-corrected chi connectivity index (χ2v) is 11.4. The van der Waals surface area contributed by atoms with Crippen LogP contribution in [-0.2, 0) is 0 Å². The van der Waals surface area contributed by atoms with E-state index in [0.717, 1.165) is 56.4 Å². The first-order valence-electron chi connectivity index (χ1n) is 16.3. The summed E-state index contributed by atoms with van der Waals surface area (Å²) in [6.07, 6.45) is 4.64. The summed E-state index contributed by atoms with van der Waals surface area (Å²) in [6, 6.07) is 72.3. The molecule has 0 atom stereocenters. The molecule has 0 unspecified atom stereocenters. The summed E-state index contributed by atoms with van der Waals surface area (Å²) in [5, 5.41) is 0. The van der Waals surface area contributed by atoms with Gasteiger partial charge in [-0.25, -0.2) is 0 Å². The van der Waals surface area contributed by atoms with Crippen LogP contribution in [0.3, 0.4) is 0 Å². The molecule has 0 aliphatic rings. The zero-order valence-electron chi connectivity index (χ0n) is 26.7. The molecule has 0 bridgehead atoms. The molecule has 2 heteroatoms. The van der Waals surface area contributed by atoms with Crippen LogP contribution in [0.5, 0.6) is 0 Å². The predicted molar refractivity (Wildman–Crippen MR) is 205 cm³/mol. The Morgan fingerprint density at radius 2 is 0.500 bits per heavy atom. The van der Waals surface area contributed by atoms with Gasteiger partial charge in [-0.2, -0.15) is 0 Å². The highest BCUT2D eigenvalue weighted by atomic mass is 15.2. The van der Waals surface area contributed by atoms with E-state index < -0.39 is 0 Å². The molecule has 0 spiro atoms. The monoisotopic (exact) mass is 616 g/mol. The van der Waals surface area contributed by atoms with E-state index in [2.05, 4.69) is 228 Å². The van der Waals surface area contributed by atoms with E-state index in [-0.39, 0.29) is 0 Å². The van der Waals surface area contributed by atoms with E-state index in [1.165, 1.54) is 0 Å². The molecule has 7 aromatic carbocycles. The molecule has 0 aliphatic heterocycles. The van der Waals surface area contributed by atoms with Crippen molar-refractivity contribution >= 4 is 46.3 Å². The van der Waals surface area contributed by atoms with Gasteiger partial charge in [0.2, 0.25) is 0 Å². The third-order valence-corrected chi connectivity index (χ3v) is 8.26. The van der Waals surface area contributed by atoms with E-state index in [4.69, 9.17) is 0 Å². The van der Waals surface area contributed by atoms with Gasteiger partial charge >= 0.3 is 0 Å². The summed E-state index contributed by atoms with van der Waals surface area (Å²) in [5.41, 5.74) is 11.0. The van der Waals surface area contributed by atoms with Crippen molar-refractivity contribution in [3.05, 3.63) is 229 Å². The molecule has 0 saturated heterocycles. The number of benzene rings is 7. The minimum atomic E-state index is 1.08. The maximum atomic E-state index is 2.34. The number of rotatable bonds is 10. The number of anilines is 4. The van der Waals surface area contributed by atoms with Crippen molar-refractivity contribution in [1.82, 2.24) is 0 Å². The Balaban J connectivity index is 1.46. The highest BCUT2D eigenvalue weighted by Crippen LogP contribution is 2.38. The van der Waals surface area contributed by atoms with Gasteiger partial charge in [0.05, 0.1) is 11.4 Å². The maximum absolute atomic E-state index is 2.34. The van der Waals surface area contributed by atoms with Gasteiger partial charge in [-0.15, -0.1) is 0 Å². The van der Waals surface area contributed by atoms with Crippen LogP contribution < -0.4 is 9.80 Å². The predicted octanol–water partition coefficient (Wildman–Crippen LogP) is 12.4. The Bertz CT molecular complexity index is 1860. The van der Waals surface area contributed by atoms with E-state index in [9.17, 15) is 0 Å². The fourth-order valence-corrected chi connectivity index (χ4v) is 6.00. The second kappa shape index (κ2) is 14.8. The number of hydrogen-bond donors (Lipinski definition) is 0. The van der Waals surface area contributed by atoms with Gasteiger partial charge in [-0.1, -0.05) is 158 Å². The molecule has 0 amide bonds. The van der Waals surface area contributed by atoms with Crippen molar-refractivity contribution in [2.24, 2.45) is 0 Å². The lowest BCUT2D eigenvalue weighted by Gasteiger charge is -2.29. The molecular formula is C46H36N2. The van der Waals surface area contributed by atoms with Crippen LogP contribution in [0.1, 0.15) is 22.3 Å². The number of para-hydroxylation sites is 4. The zero-order valence-corrected chi connectivity index (χ0v) is 26.7. The normalized spacial score (nSPS) is 11.6. The first-order chi connectivity index (χ1) is 23.8. The quantitative estimate of drug-likeness (QED) is 0.141. The van der Waals surface area contributed by atoms with Crippen LogP contribution >= 0.6 is 0 Å². The number of nitrogens with zero attached hydrogens (tertiary/aromatic N) is 2. The van der Waals surface area contributed by atoms with Crippen molar-refractivity contribution in [3.8, 4) is 0 Å². The van der Waals surface area contributed by atoms with Crippen LogP contribution in [0.2, 0.25) is 0 Å². The van der Waals surface area contributed by atoms with Crippen molar-refractivity contribution < 1.29 is 0 Å². The van der Waals surface area contributed by atoms with Crippen molar-refractivity contribution in [1.29, 1.82) is 0 Å². The molecule has 0 radical (unpaired) electrons. The Morgan fingerprint density at radius 1 is 0.271 bits per heavy atom. The van der Waals surface area contributed by atoms with Crippen molar-refractivity contribution in [2.75, 3.05) is 9.80 Å². The standard InChI is InChI=1S/C46H36N2/c1-7-21-37(22-8-1)45(47(41-27-11-3-12-28-41)42-29-13-4-14-30-42)35-39-25-19-20-26-40(39)36-46(38-23-9-2-10-24-38)48(43-31-15-5-16-32-43)44-33-17-6-18-34-44/h1-36H. The van der Waals surface area contributed by atoms with Gasteiger partial charge in [-0.3, -0.25) is 0 Å². The van der Waals surface area contributed by atoms with Crippen LogP contribution in [0.15, 0.2) is 206 Å². The fraction of sp³-hybridized carbons (Fsp3) is 0. The summed E-state index contributed by atoms with van der Waals surface area (Å²) in [5.74, 6) is 0. The molecule has 48 heavy (non-hydrogen) atoms. The van der Waals surface area contributed by atoms with Gasteiger partial charge in [0, 0.05) is 22.7 Å². The molecule has 0 saturated carbocycles. The van der Waals surface area contributed by atoms with Crippen molar-refractivity contribution in [2.45, 2.75) is 0 Å².